The molecule has 1 aliphatic carbocycles. The summed E-state index contributed by atoms with van der Waals surface area (Å²) >= 11 is 1.23. The van der Waals surface area contributed by atoms with Crippen LogP contribution in [0.15, 0.2) is 58.8 Å². The van der Waals surface area contributed by atoms with Crippen molar-refractivity contribution in [2.45, 2.75) is 30.7 Å². The molecule has 0 amide bonds. The van der Waals surface area contributed by atoms with Crippen molar-refractivity contribution in [3.63, 3.8) is 0 Å². The van der Waals surface area contributed by atoms with E-state index in [0.29, 0.717) is 28.5 Å². The highest BCUT2D eigenvalue weighted by Gasteiger charge is 2.28. The van der Waals surface area contributed by atoms with Crippen LogP contribution in [-0.4, -0.2) is 29.0 Å². The van der Waals surface area contributed by atoms with Gasteiger partial charge in [-0.3, -0.25) is 0 Å². The summed E-state index contributed by atoms with van der Waals surface area (Å²) in [5, 5.41) is 26.0. The van der Waals surface area contributed by atoms with Gasteiger partial charge in [0.2, 0.25) is 10.0 Å². The average molecular weight is 537 g/mol. The van der Waals surface area contributed by atoms with E-state index in [2.05, 4.69) is 11.1 Å². The molecule has 2 aromatic heterocycles. The van der Waals surface area contributed by atoms with Gasteiger partial charge >= 0.3 is 5.97 Å². The number of benzene rings is 2. The van der Waals surface area contributed by atoms with E-state index in [-0.39, 0.29) is 12.2 Å². The predicted octanol–water partition coefficient (Wildman–Crippen LogP) is 4.64. The van der Waals surface area contributed by atoms with E-state index in [1.165, 1.54) is 22.8 Å². The number of hydrogen-bond acceptors (Lipinski definition) is 6. The number of carbonyl (C=O) groups is 1. The quantitative estimate of drug-likeness (QED) is 0.336. The molecule has 3 N–H and O–H groups in total. The Hall–Kier alpha value is -3.85. The minimum Gasteiger partial charge on any atom is -0.476 e. The van der Waals surface area contributed by atoms with Crippen molar-refractivity contribution in [2.24, 2.45) is 11.1 Å². The number of nitrogens with two attached hydrogens (primary N) is 1. The lowest BCUT2D eigenvalue weighted by molar-refractivity contribution is 0.0691. The van der Waals surface area contributed by atoms with Crippen LogP contribution in [-0.2, 0) is 23.0 Å². The lowest BCUT2D eigenvalue weighted by atomic mass is 10.1. The minimum atomic E-state index is -4.20. The van der Waals surface area contributed by atoms with Gasteiger partial charge in [0, 0.05) is 28.9 Å². The molecule has 1 fully saturated rings. The third-order valence-corrected chi connectivity index (χ3v) is 8.09. The minimum absolute atomic E-state index is 0.0428. The number of rotatable bonds is 8. The van der Waals surface area contributed by atoms with Gasteiger partial charge in [-0.15, -0.1) is 11.3 Å². The Morgan fingerprint density at radius 3 is 2.65 bits per heavy atom. The number of thiazole rings is 1. The first kappa shape index (κ1) is 24.8. The molecular weight excluding hydrogens is 515 g/mol. The summed E-state index contributed by atoms with van der Waals surface area (Å²) in [4.78, 5) is 15.2. The topological polar surface area (TPSA) is 139 Å². The number of carboxylic acids is 1. The molecule has 0 aliphatic heterocycles. The second-order valence-electron chi connectivity index (χ2n) is 8.97. The van der Waals surface area contributed by atoms with Crippen molar-refractivity contribution in [1.82, 2.24) is 9.55 Å². The molecule has 8 nitrogen and oxygen atoms in total. The molecule has 4 aromatic rings. The van der Waals surface area contributed by atoms with Crippen LogP contribution >= 0.6 is 11.3 Å². The van der Waals surface area contributed by atoms with Gasteiger partial charge in [0.05, 0.1) is 11.6 Å². The fourth-order valence-corrected chi connectivity index (χ4v) is 5.73. The molecule has 188 valence electrons. The lowest BCUT2D eigenvalue weighted by Gasteiger charge is -2.15. The monoisotopic (exact) mass is 536 g/mol. The first-order chi connectivity index (χ1) is 17.6. The molecule has 2 heterocycles. The molecule has 1 saturated carbocycles. The van der Waals surface area contributed by atoms with Gasteiger partial charge in [0.25, 0.3) is 0 Å². The fraction of sp³-hybridized carbons (Fsp3) is 0.192. The maximum absolute atomic E-state index is 14.7. The Kier molecular flexibility index (Phi) is 6.41. The normalized spacial score (nSPS) is 13.4. The summed E-state index contributed by atoms with van der Waals surface area (Å²) < 4.78 is 40.0. The molecule has 1 aliphatic rings. The van der Waals surface area contributed by atoms with Crippen molar-refractivity contribution in [2.75, 3.05) is 0 Å². The Morgan fingerprint density at radius 2 is 2.03 bits per heavy atom. The maximum Gasteiger partial charge on any atom is 0.355 e. The predicted molar refractivity (Wildman–Crippen MR) is 136 cm³/mol. The average Bonchev–Trinajstić information content (AvgIpc) is 3.41. The number of sulfonamides is 1. The number of aromatic carboxylic acids is 1. The highest BCUT2D eigenvalue weighted by atomic mass is 32.2. The fourth-order valence-electron chi connectivity index (χ4n) is 4.31. The standard InChI is InChI=1S/C26H21FN4O4S2/c27-20-9-17(6-7-24(20)37(29,34)35)13-31-22(18-3-1-2-16(8-18)12-28)11-19(23(31)10-15-4-5-15)25-30-21(14-36-25)26(32)33/h1-3,6-9,11,14-15H,4-5,10,13H2,(H,32,33)(H2,29,34,35). The molecule has 0 atom stereocenters. The molecule has 0 bridgehead atoms. The number of halogens is 1. The number of nitriles is 1. The molecule has 0 radical (unpaired) electrons. The molecule has 11 heteroatoms. The second-order valence-corrected chi connectivity index (χ2v) is 11.4. The van der Waals surface area contributed by atoms with E-state index in [1.54, 1.807) is 18.2 Å². The van der Waals surface area contributed by atoms with Crippen LogP contribution in [0.5, 0.6) is 0 Å². The zero-order valence-electron chi connectivity index (χ0n) is 19.4. The van der Waals surface area contributed by atoms with Crippen LogP contribution in [0.25, 0.3) is 21.8 Å². The summed E-state index contributed by atoms with van der Waals surface area (Å²) in [6.45, 7) is 0.215. The molecule has 0 spiro atoms. The first-order valence-corrected chi connectivity index (χ1v) is 13.8. The maximum atomic E-state index is 14.7. The van der Waals surface area contributed by atoms with Crippen LogP contribution in [0.4, 0.5) is 4.39 Å². The summed E-state index contributed by atoms with van der Waals surface area (Å²) in [5.41, 5.74) is 4.17. The van der Waals surface area contributed by atoms with Crippen molar-refractivity contribution in [3.8, 4) is 27.9 Å². The van der Waals surface area contributed by atoms with Crippen LogP contribution in [0, 0.1) is 23.1 Å². The SMILES string of the molecule is N#Cc1cccc(-c2cc(-c3nc(C(=O)O)cs3)c(CC3CC3)n2Cc2ccc(S(N)(=O)=O)c(F)c2)c1. The largest absolute Gasteiger partial charge is 0.476 e. The molecule has 0 saturated heterocycles. The van der Waals surface area contributed by atoms with E-state index in [1.807, 2.05) is 16.7 Å². The summed E-state index contributed by atoms with van der Waals surface area (Å²) in [7, 11) is -4.20. The Balaban J connectivity index is 1.69. The number of nitrogens with zero attached hydrogens (tertiary/aromatic N) is 3. The van der Waals surface area contributed by atoms with E-state index in [4.69, 9.17) is 5.14 Å². The third-order valence-electron chi connectivity index (χ3n) is 6.27. The van der Waals surface area contributed by atoms with Crippen molar-refractivity contribution in [3.05, 3.63) is 82.2 Å². The van der Waals surface area contributed by atoms with E-state index < -0.39 is 26.7 Å². The number of carboxylic acid groups (broad SMARTS) is 1. The Morgan fingerprint density at radius 1 is 1.24 bits per heavy atom. The molecular formula is C26H21FN4O4S2. The molecule has 5 rings (SSSR count). The first-order valence-electron chi connectivity index (χ1n) is 11.4. The van der Waals surface area contributed by atoms with Crippen molar-refractivity contribution in [1.29, 1.82) is 5.26 Å². The number of aromatic nitrogens is 2. The second kappa shape index (κ2) is 9.55. The van der Waals surface area contributed by atoms with E-state index in [9.17, 15) is 28.0 Å². The van der Waals surface area contributed by atoms with Gasteiger partial charge in [-0.1, -0.05) is 18.2 Å². The highest BCUT2D eigenvalue weighted by Crippen LogP contribution is 2.41. The van der Waals surface area contributed by atoms with E-state index >= 15 is 0 Å². The Bertz CT molecular complexity index is 1680. The van der Waals surface area contributed by atoms with Crippen LogP contribution in [0.2, 0.25) is 0 Å². The van der Waals surface area contributed by atoms with Gasteiger partial charge in [-0.2, -0.15) is 5.26 Å². The Labute approximate surface area is 216 Å². The van der Waals surface area contributed by atoms with Crippen LogP contribution in [0.3, 0.4) is 0 Å². The molecule has 0 unspecified atom stereocenters. The smallest absolute Gasteiger partial charge is 0.355 e. The van der Waals surface area contributed by atoms with Gasteiger partial charge < -0.3 is 9.67 Å². The lowest BCUT2D eigenvalue weighted by Crippen LogP contribution is -2.14. The van der Waals surface area contributed by atoms with Crippen LogP contribution < -0.4 is 5.14 Å². The van der Waals surface area contributed by atoms with Gasteiger partial charge in [-0.05, 0) is 66.6 Å². The number of primary sulfonamides is 1. The number of hydrogen-bond donors (Lipinski definition) is 2. The highest BCUT2D eigenvalue weighted by molar-refractivity contribution is 7.89. The van der Waals surface area contributed by atoms with Crippen molar-refractivity contribution < 1.29 is 22.7 Å². The summed E-state index contributed by atoms with van der Waals surface area (Å²) in [6.07, 6.45) is 2.85. The zero-order chi connectivity index (χ0) is 26.3. The molecule has 37 heavy (non-hydrogen) atoms. The molecule has 2 aromatic carbocycles. The summed E-state index contributed by atoms with van der Waals surface area (Å²) in [5.74, 6) is -1.58. The van der Waals surface area contributed by atoms with Gasteiger partial charge in [0.15, 0.2) is 5.69 Å². The van der Waals surface area contributed by atoms with Crippen LogP contribution in [0.1, 0.15) is 40.2 Å². The van der Waals surface area contributed by atoms with Crippen molar-refractivity contribution >= 4 is 27.3 Å². The summed E-state index contributed by atoms with van der Waals surface area (Å²) in [6, 6.07) is 15.0. The third kappa shape index (κ3) is 5.17. The van der Waals surface area contributed by atoms with Gasteiger partial charge in [0.1, 0.15) is 15.7 Å². The van der Waals surface area contributed by atoms with Gasteiger partial charge in [-0.25, -0.2) is 27.7 Å². The zero-order valence-corrected chi connectivity index (χ0v) is 21.0. The van der Waals surface area contributed by atoms with E-state index in [0.717, 1.165) is 47.5 Å².